The smallest absolute Gasteiger partial charge is 0.188 e. The molecule has 4 nitrogen and oxygen atoms in total. The first-order valence-electron chi connectivity index (χ1n) is 6.37. The van der Waals surface area contributed by atoms with Gasteiger partial charge in [0.1, 0.15) is 11.3 Å². The first kappa shape index (κ1) is 17.3. The summed E-state index contributed by atoms with van der Waals surface area (Å²) in [6.07, 6.45) is 3.01. The quantitative estimate of drug-likeness (QED) is 0.516. The van der Waals surface area contributed by atoms with Gasteiger partial charge in [-0.2, -0.15) is 0 Å². The fourth-order valence-corrected chi connectivity index (χ4v) is 3.55. The van der Waals surface area contributed by atoms with Crippen LogP contribution < -0.4 is 14.2 Å². The number of hydrogen-bond donors (Lipinski definition) is 0. The average Bonchev–Trinajstić information content (AvgIpc) is 2.45. The minimum absolute atomic E-state index is 0.0340. The van der Waals surface area contributed by atoms with Crippen molar-refractivity contribution in [2.45, 2.75) is 19.8 Å². The van der Waals surface area contributed by atoms with E-state index in [1.165, 1.54) is 14.2 Å². The van der Waals surface area contributed by atoms with Gasteiger partial charge in [-0.25, -0.2) is 0 Å². The Balaban J connectivity index is 3.25. The summed E-state index contributed by atoms with van der Waals surface area (Å²) in [6, 6.07) is 1.74. The third-order valence-corrected chi connectivity index (χ3v) is 4.59. The largest absolute Gasteiger partial charge is 0.495 e. The minimum atomic E-state index is 0.0340. The van der Waals surface area contributed by atoms with Crippen LogP contribution in [0.1, 0.15) is 30.1 Å². The van der Waals surface area contributed by atoms with Crippen molar-refractivity contribution >= 4 is 30.0 Å². The van der Waals surface area contributed by atoms with E-state index in [4.69, 9.17) is 14.2 Å². The summed E-state index contributed by atoms with van der Waals surface area (Å²) in [5, 5.41) is 0. The van der Waals surface area contributed by atoms with Gasteiger partial charge in [-0.05, 0) is 37.1 Å². The van der Waals surface area contributed by atoms with E-state index in [9.17, 15) is 4.79 Å². The molecule has 0 saturated heterocycles. The van der Waals surface area contributed by atoms with Gasteiger partial charge in [0.25, 0.3) is 0 Å². The molecule has 20 heavy (non-hydrogen) atoms. The lowest BCUT2D eigenvalue weighted by Gasteiger charge is -2.17. The molecule has 0 aromatic heterocycles. The molecule has 6 heteroatoms. The Morgan fingerprint density at radius 1 is 1.20 bits per heavy atom. The van der Waals surface area contributed by atoms with Crippen molar-refractivity contribution in [1.29, 1.82) is 0 Å². The summed E-state index contributed by atoms with van der Waals surface area (Å²) in [6.45, 7) is 2.11. The first-order valence-corrected chi connectivity index (χ1v) is 8.37. The molecule has 0 aliphatic heterocycles. The Labute approximate surface area is 130 Å². The van der Waals surface area contributed by atoms with Crippen molar-refractivity contribution in [3.63, 3.8) is 0 Å². The van der Waals surface area contributed by atoms with E-state index >= 15 is 0 Å². The van der Waals surface area contributed by atoms with E-state index in [1.807, 2.05) is 0 Å². The van der Waals surface area contributed by atoms with Crippen LogP contribution in [0.3, 0.4) is 0 Å². The Hall–Kier alpha value is -0.800. The molecule has 0 radical (unpaired) electrons. The lowest BCUT2D eigenvalue weighted by atomic mass is 10.1. The van der Waals surface area contributed by atoms with Crippen molar-refractivity contribution in [3.05, 3.63) is 16.1 Å². The highest BCUT2D eigenvalue weighted by Gasteiger charge is 2.24. The van der Waals surface area contributed by atoms with Gasteiger partial charge in [0, 0.05) is 6.07 Å². The monoisotopic (exact) mass is 362 g/mol. The third kappa shape index (κ3) is 3.86. The lowest BCUT2D eigenvalue weighted by molar-refractivity contribution is 0.107. The predicted molar refractivity (Wildman–Crippen MR) is 86.2 cm³/mol. The maximum atomic E-state index is 12.5. The number of methoxy groups -OCH3 is 3. The molecular weight excluding hydrogens is 343 g/mol. The third-order valence-electron chi connectivity index (χ3n) is 2.82. The summed E-state index contributed by atoms with van der Waals surface area (Å²) in [5.74, 6) is 1.45. The Morgan fingerprint density at radius 2 is 1.85 bits per heavy atom. The van der Waals surface area contributed by atoms with Gasteiger partial charge in [-0.3, -0.25) is 4.79 Å². The van der Waals surface area contributed by atoms with E-state index in [0.717, 1.165) is 19.0 Å². The molecule has 1 atom stereocenters. The molecule has 0 fully saturated rings. The predicted octanol–water partition coefficient (Wildman–Crippen LogP) is 4.09. The first-order chi connectivity index (χ1) is 9.60. The number of benzene rings is 1. The highest BCUT2D eigenvalue weighted by atomic mass is 79.9. The number of unbranched alkanes of at least 4 members (excludes halogenated alkanes) is 1. The normalized spacial score (nSPS) is 10.8. The summed E-state index contributed by atoms with van der Waals surface area (Å²) in [4.78, 5) is 12.5. The van der Waals surface area contributed by atoms with E-state index in [-0.39, 0.29) is 14.1 Å². The van der Waals surface area contributed by atoms with Crippen LogP contribution in [0.25, 0.3) is 0 Å². The molecule has 0 bridgehead atoms. The molecule has 0 aliphatic carbocycles. The van der Waals surface area contributed by atoms with Crippen molar-refractivity contribution in [2.75, 3.05) is 27.5 Å². The zero-order valence-corrected chi connectivity index (χ0v) is 14.8. The van der Waals surface area contributed by atoms with Crippen LogP contribution in [0.4, 0.5) is 0 Å². The van der Waals surface area contributed by atoms with E-state index in [2.05, 4.69) is 22.9 Å². The Morgan fingerprint density at radius 3 is 2.35 bits per heavy atom. The maximum absolute atomic E-state index is 12.5. The number of hydrogen-bond acceptors (Lipinski definition) is 4. The molecule has 0 N–H and O–H groups in total. The van der Waals surface area contributed by atoms with Crippen LogP contribution in [0, 0.1) is 0 Å². The summed E-state index contributed by atoms with van der Waals surface area (Å²) in [7, 11) is 4.82. The van der Waals surface area contributed by atoms with Gasteiger partial charge >= 0.3 is 0 Å². The minimum Gasteiger partial charge on any atom is -0.495 e. The van der Waals surface area contributed by atoms with Crippen LogP contribution in [-0.2, 0) is 0 Å². The number of rotatable bonds is 8. The zero-order valence-electron chi connectivity index (χ0n) is 12.2. The molecule has 1 aromatic carbocycles. The van der Waals surface area contributed by atoms with E-state index < -0.39 is 0 Å². The fraction of sp³-hybridized carbons (Fsp3) is 0.500. The zero-order chi connectivity index (χ0) is 15.1. The SMILES string of the molecule is CCCCPC(=O)c1c(OC)c(Br)cc(OC)c1OC. The van der Waals surface area contributed by atoms with Gasteiger partial charge in [-0.15, -0.1) is 0 Å². The molecule has 0 saturated carbocycles. The molecule has 1 unspecified atom stereocenters. The molecule has 1 rings (SSSR count). The van der Waals surface area contributed by atoms with Crippen molar-refractivity contribution in [1.82, 2.24) is 0 Å². The molecule has 0 aliphatic rings. The lowest BCUT2D eigenvalue weighted by Crippen LogP contribution is -2.04. The van der Waals surface area contributed by atoms with Crippen molar-refractivity contribution in [3.8, 4) is 17.2 Å². The van der Waals surface area contributed by atoms with E-state index in [0.29, 0.717) is 27.3 Å². The van der Waals surface area contributed by atoms with Crippen LogP contribution in [-0.4, -0.2) is 33.0 Å². The number of halogens is 1. The second-order valence-electron chi connectivity index (χ2n) is 4.11. The standard InChI is InChI=1S/C14H20BrO4P/c1-5-6-7-20-14(16)11-12(18-3)9(15)8-10(17-2)13(11)19-4/h8,20H,5-7H2,1-4H3. The van der Waals surface area contributed by atoms with Crippen LogP contribution in [0.2, 0.25) is 0 Å². The number of carbonyl (C=O) groups is 1. The van der Waals surface area contributed by atoms with Gasteiger partial charge in [0.05, 0.1) is 25.8 Å². The average molecular weight is 363 g/mol. The van der Waals surface area contributed by atoms with Gasteiger partial charge < -0.3 is 14.2 Å². The fourth-order valence-electron chi connectivity index (χ4n) is 1.82. The van der Waals surface area contributed by atoms with Gasteiger partial charge in [-0.1, -0.05) is 13.3 Å². The summed E-state index contributed by atoms with van der Waals surface area (Å²) in [5.41, 5.74) is 0.488. The molecule has 1 aromatic rings. The highest BCUT2D eigenvalue weighted by molar-refractivity contribution is 9.10. The van der Waals surface area contributed by atoms with Crippen LogP contribution >= 0.6 is 24.5 Å². The highest BCUT2D eigenvalue weighted by Crippen LogP contribution is 2.45. The molecule has 0 amide bonds. The molecule has 112 valence electrons. The second-order valence-corrected chi connectivity index (χ2v) is 6.27. The van der Waals surface area contributed by atoms with Crippen LogP contribution in [0.15, 0.2) is 10.5 Å². The molecule has 0 spiro atoms. The second kappa shape index (κ2) is 8.48. The van der Waals surface area contributed by atoms with Crippen LogP contribution in [0.5, 0.6) is 17.2 Å². The molecule has 0 heterocycles. The van der Waals surface area contributed by atoms with Crippen molar-refractivity contribution < 1.29 is 19.0 Å². The summed E-state index contributed by atoms with van der Waals surface area (Å²) >= 11 is 3.40. The van der Waals surface area contributed by atoms with Crippen molar-refractivity contribution in [2.24, 2.45) is 0 Å². The maximum Gasteiger partial charge on any atom is 0.188 e. The Bertz CT molecular complexity index is 477. The summed E-state index contributed by atoms with van der Waals surface area (Å²) < 4.78 is 16.7. The number of carbonyl (C=O) groups excluding carboxylic acids is 1. The van der Waals surface area contributed by atoms with Gasteiger partial charge in [0.2, 0.25) is 0 Å². The van der Waals surface area contributed by atoms with Gasteiger partial charge in [0.15, 0.2) is 17.0 Å². The number of ether oxygens (including phenoxy) is 3. The Kier molecular flexibility index (Phi) is 7.31. The topological polar surface area (TPSA) is 44.8 Å². The van der Waals surface area contributed by atoms with E-state index in [1.54, 1.807) is 13.2 Å². The molecular formula is C14H20BrO4P.